The van der Waals surface area contributed by atoms with Crippen LogP contribution in [0.15, 0.2) is 72.8 Å². The summed E-state index contributed by atoms with van der Waals surface area (Å²) in [6.45, 7) is 7.56. The van der Waals surface area contributed by atoms with Gasteiger partial charge >= 0.3 is 0 Å². The number of ether oxygens (including phenoxy) is 2. The Hall–Kier alpha value is -3.35. The monoisotopic (exact) mass is 540 g/mol. The maximum Gasteiger partial charge on any atom is 0.222 e. The number of rotatable bonds is 10. The first kappa shape index (κ1) is 25.9. The average Bonchev–Trinajstić information content (AvgIpc) is 3.73. The lowest BCUT2D eigenvalue weighted by molar-refractivity contribution is -0.129. The van der Waals surface area contributed by atoms with Crippen LogP contribution in [0, 0.1) is 0 Å². The first-order chi connectivity index (χ1) is 19.1. The largest absolute Gasteiger partial charge is 0.492 e. The van der Waals surface area contributed by atoms with Gasteiger partial charge in [0.1, 0.15) is 24.7 Å². The molecule has 0 N–H and O–H groups in total. The SMILES string of the molecule is CC(COc1ccc(-c2cccc3sc(-c4ccc(OCCN5CCCC5)cc4)cc23)cc1)N1CCCC1=O. The van der Waals surface area contributed by atoms with Crippen LogP contribution in [0.25, 0.3) is 31.7 Å². The van der Waals surface area contributed by atoms with Gasteiger partial charge in [-0.05, 0) is 104 Å². The smallest absolute Gasteiger partial charge is 0.222 e. The fourth-order valence-electron chi connectivity index (χ4n) is 5.64. The number of hydrogen-bond donors (Lipinski definition) is 0. The molecule has 0 aliphatic carbocycles. The lowest BCUT2D eigenvalue weighted by atomic mass is 10.0. The normalized spacial score (nSPS) is 16.7. The van der Waals surface area contributed by atoms with Crippen LogP contribution in [-0.4, -0.2) is 61.1 Å². The number of hydrogen-bond acceptors (Lipinski definition) is 5. The molecule has 1 atom stereocenters. The second-order valence-corrected chi connectivity index (χ2v) is 11.7. The van der Waals surface area contributed by atoms with Crippen LogP contribution >= 0.6 is 11.3 Å². The Balaban J connectivity index is 1.11. The van der Waals surface area contributed by atoms with E-state index in [4.69, 9.17) is 9.47 Å². The van der Waals surface area contributed by atoms with Gasteiger partial charge in [-0.1, -0.05) is 24.3 Å². The molecule has 4 aromatic rings. The minimum Gasteiger partial charge on any atom is -0.492 e. The van der Waals surface area contributed by atoms with Gasteiger partial charge in [0.25, 0.3) is 0 Å². The highest BCUT2D eigenvalue weighted by Crippen LogP contribution is 2.39. The summed E-state index contributed by atoms with van der Waals surface area (Å²) in [5.41, 5.74) is 3.60. The molecule has 1 unspecified atom stereocenters. The van der Waals surface area contributed by atoms with Crippen LogP contribution in [0.1, 0.15) is 32.6 Å². The summed E-state index contributed by atoms with van der Waals surface area (Å²) < 4.78 is 13.3. The lowest BCUT2D eigenvalue weighted by Gasteiger charge is -2.24. The zero-order valence-corrected chi connectivity index (χ0v) is 23.4. The van der Waals surface area contributed by atoms with Crippen molar-refractivity contribution in [2.24, 2.45) is 0 Å². The molecule has 0 radical (unpaired) electrons. The van der Waals surface area contributed by atoms with Crippen molar-refractivity contribution in [2.45, 2.75) is 38.6 Å². The third-order valence-corrected chi connectivity index (χ3v) is 9.02. The van der Waals surface area contributed by atoms with Gasteiger partial charge in [0.2, 0.25) is 5.91 Å². The van der Waals surface area contributed by atoms with Crippen molar-refractivity contribution in [3.8, 4) is 33.1 Å². The van der Waals surface area contributed by atoms with Crippen molar-refractivity contribution in [1.82, 2.24) is 9.80 Å². The van der Waals surface area contributed by atoms with Crippen molar-refractivity contribution >= 4 is 27.3 Å². The second-order valence-electron chi connectivity index (χ2n) is 10.6. The lowest BCUT2D eigenvalue weighted by Crippen LogP contribution is -2.38. The Labute approximate surface area is 235 Å². The molecule has 5 nitrogen and oxygen atoms in total. The van der Waals surface area contributed by atoms with Gasteiger partial charge in [-0.2, -0.15) is 0 Å². The van der Waals surface area contributed by atoms with Crippen LogP contribution in [0.5, 0.6) is 11.5 Å². The molecular weight excluding hydrogens is 504 g/mol. The summed E-state index contributed by atoms with van der Waals surface area (Å²) in [6, 6.07) is 25.7. The highest BCUT2D eigenvalue weighted by molar-refractivity contribution is 7.22. The van der Waals surface area contributed by atoms with E-state index in [9.17, 15) is 4.79 Å². The van der Waals surface area contributed by atoms with E-state index in [0.717, 1.165) is 37.6 Å². The fraction of sp³-hybridized carbons (Fsp3) is 0.364. The molecule has 2 aliphatic rings. The standard InChI is InChI=1S/C33H36N2O3S/c1-24(35-19-5-8-33(35)36)23-38-28-13-9-25(10-14-28)29-6-4-7-31-30(29)22-32(39-31)26-11-15-27(16-12-26)37-21-20-34-17-2-3-18-34/h4,6-7,9-16,22,24H,2-3,5,8,17-21,23H2,1H3. The minimum absolute atomic E-state index is 0.0909. The molecule has 0 saturated carbocycles. The van der Waals surface area contributed by atoms with Gasteiger partial charge in [-0.3, -0.25) is 9.69 Å². The van der Waals surface area contributed by atoms with E-state index in [-0.39, 0.29) is 11.9 Å². The number of nitrogens with zero attached hydrogens (tertiary/aromatic N) is 2. The molecule has 2 aliphatic heterocycles. The van der Waals surface area contributed by atoms with Crippen molar-refractivity contribution in [1.29, 1.82) is 0 Å². The van der Waals surface area contributed by atoms with Crippen molar-refractivity contribution < 1.29 is 14.3 Å². The van der Waals surface area contributed by atoms with Crippen molar-refractivity contribution in [3.05, 3.63) is 72.8 Å². The molecule has 0 bridgehead atoms. The maximum atomic E-state index is 12.0. The molecule has 2 saturated heterocycles. The Bertz CT molecular complexity index is 1410. The highest BCUT2D eigenvalue weighted by Gasteiger charge is 2.25. The zero-order valence-electron chi connectivity index (χ0n) is 22.6. The van der Waals surface area contributed by atoms with Gasteiger partial charge in [-0.15, -0.1) is 11.3 Å². The molecule has 39 heavy (non-hydrogen) atoms. The molecule has 1 amide bonds. The summed E-state index contributed by atoms with van der Waals surface area (Å²) in [6.07, 6.45) is 4.24. The number of carbonyl (C=O) groups is 1. The number of amides is 1. The van der Waals surface area contributed by atoms with Crippen LogP contribution in [0.2, 0.25) is 0 Å². The van der Waals surface area contributed by atoms with Crippen LogP contribution < -0.4 is 9.47 Å². The van der Waals surface area contributed by atoms with Gasteiger partial charge in [0.15, 0.2) is 0 Å². The maximum absolute atomic E-state index is 12.0. The second kappa shape index (κ2) is 11.8. The molecule has 1 aromatic heterocycles. The summed E-state index contributed by atoms with van der Waals surface area (Å²) in [4.78, 5) is 17.6. The van der Waals surface area contributed by atoms with E-state index in [2.05, 4.69) is 72.5 Å². The molecule has 3 heterocycles. The highest BCUT2D eigenvalue weighted by atomic mass is 32.1. The van der Waals surface area contributed by atoms with Crippen LogP contribution in [0.3, 0.4) is 0 Å². The number of thiophene rings is 1. The zero-order chi connectivity index (χ0) is 26.6. The van der Waals surface area contributed by atoms with Gasteiger partial charge in [0, 0.05) is 34.5 Å². The van der Waals surface area contributed by atoms with Gasteiger partial charge in [-0.25, -0.2) is 0 Å². The van der Waals surface area contributed by atoms with E-state index >= 15 is 0 Å². The third kappa shape index (κ3) is 5.97. The summed E-state index contributed by atoms with van der Waals surface area (Å²) >= 11 is 1.82. The molecule has 202 valence electrons. The van der Waals surface area contributed by atoms with E-state index < -0.39 is 0 Å². The Morgan fingerprint density at radius 1 is 0.846 bits per heavy atom. The number of fused-ring (bicyclic) bond motifs is 1. The number of benzene rings is 3. The number of carbonyl (C=O) groups excluding carboxylic acids is 1. The van der Waals surface area contributed by atoms with E-state index in [1.54, 1.807) is 0 Å². The predicted molar refractivity (Wildman–Crippen MR) is 160 cm³/mol. The number of likely N-dealkylation sites (tertiary alicyclic amines) is 2. The van der Waals surface area contributed by atoms with Crippen LogP contribution in [0.4, 0.5) is 0 Å². The summed E-state index contributed by atoms with van der Waals surface area (Å²) in [5.74, 6) is 2.00. The first-order valence-electron chi connectivity index (χ1n) is 14.1. The molecule has 2 fully saturated rings. The third-order valence-electron chi connectivity index (χ3n) is 7.87. The molecular formula is C33H36N2O3S. The van der Waals surface area contributed by atoms with E-state index in [1.807, 2.05) is 28.4 Å². The summed E-state index contributed by atoms with van der Waals surface area (Å²) in [5, 5.41) is 1.26. The quantitative estimate of drug-likeness (QED) is 0.215. The Kier molecular flexibility index (Phi) is 7.84. The van der Waals surface area contributed by atoms with E-state index in [0.29, 0.717) is 13.0 Å². The Morgan fingerprint density at radius 2 is 1.56 bits per heavy atom. The molecule has 0 spiro atoms. The van der Waals surface area contributed by atoms with Crippen LogP contribution in [-0.2, 0) is 4.79 Å². The topological polar surface area (TPSA) is 42.0 Å². The predicted octanol–water partition coefficient (Wildman–Crippen LogP) is 7.10. The van der Waals surface area contributed by atoms with Crippen molar-refractivity contribution in [2.75, 3.05) is 39.4 Å². The molecule has 3 aromatic carbocycles. The van der Waals surface area contributed by atoms with Gasteiger partial charge < -0.3 is 14.4 Å². The van der Waals surface area contributed by atoms with E-state index in [1.165, 1.54) is 57.6 Å². The first-order valence-corrected chi connectivity index (χ1v) is 15.0. The minimum atomic E-state index is 0.0909. The summed E-state index contributed by atoms with van der Waals surface area (Å²) in [7, 11) is 0. The molecule has 6 rings (SSSR count). The molecule has 6 heteroatoms. The fourth-order valence-corrected chi connectivity index (χ4v) is 6.73. The van der Waals surface area contributed by atoms with Crippen molar-refractivity contribution in [3.63, 3.8) is 0 Å². The van der Waals surface area contributed by atoms with Gasteiger partial charge in [0.05, 0.1) is 6.04 Å². The average molecular weight is 541 g/mol. The Morgan fingerprint density at radius 3 is 2.28 bits per heavy atom.